The maximum absolute atomic E-state index is 13.4. The van der Waals surface area contributed by atoms with Gasteiger partial charge in [0, 0.05) is 45.3 Å². The van der Waals surface area contributed by atoms with Crippen LogP contribution < -0.4 is 0 Å². The van der Waals surface area contributed by atoms with Crippen molar-refractivity contribution in [3.05, 3.63) is 102 Å². The van der Waals surface area contributed by atoms with Crippen LogP contribution in [-0.2, 0) is 21.4 Å². The van der Waals surface area contributed by atoms with Crippen molar-refractivity contribution in [1.82, 2.24) is 14.1 Å². The predicted octanol–water partition coefficient (Wildman–Crippen LogP) is 5.99. The summed E-state index contributed by atoms with van der Waals surface area (Å²) in [4.78, 5) is 17.7. The Hall–Kier alpha value is -3.20. The van der Waals surface area contributed by atoms with E-state index in [1.165, 1.54) is 5.56 Å². The number of benzene rings is 3. The molecule has 0 bridgehead atoms. The molecule has 0 aromatic heterocycles. The minimum absolute atomic E-state index is 0.0575. The number of ether oxygens (including phenoxy) is 1. The average molecular weight is 590 g/mol. The molecular formula is C34H43N3O4S. The Kier molecular flexibility index (Phi) is 9.98. The van der Waals surface area contributed by atoms with Gasteiger partial charge in [0.05, 0.1) is 4.90 Å². The maximum atomic E-state index is 13.4. The standard InChI is InChI=1S/C34H43N3O4S/c1-3-37(34(38)41-26-27-13-7-4-8-14-27)30-19-21-36(22-20-30)25-29-23-31(24-33(29)28-15-9-5-10-16-28)35(2)42(39,40)32-17-11-6-12-18-32/h4-18,29-31,33H,3,19-26H2,1-2H3/t29-,31?,33-/m1/s1. The molecule has 1 unspecified atom stereocenters. The zero-order valence-corrected chi connectivity index (χ0v) is 25.5. The topological polar surface area (TPSA) is 70.2 Å². The fourth-order valence-electron chi connectivity index (χ4n) is 6.74. The summed E-state index contributed by atoms with van der Waals surface area (Å²) in [5.41, 5.74) is 2.27. The Morgan fingerprint density at radius 1 is 0.857 bits per heavy atom. The fourth-order valence-corrected chi connectivity index (χ4v) is 8.14. The van der Waals surface area contributed by atoms with Crippen molar-refractivity contribution in [3.8, 4) is 0 Å². The summed E-state index contributed by atoms with van der Waals surface area (Å²) < 4.78 is 34.1. The summed E-state index contributed by atoms with van der Waals surface area (Å²) in [5.74, 6) is 0.642. The first-order valence-corrected chi connectivity index (χ1v) is 16.6. The lowest BCUT2D eigenvalue weighted by Crippen LogP contribution is -2.48. The van der Waals surface area contributed by atoms with Gasteiger partial charge < -0.3 is 14.5 Å². The Morgan fingerprint density at radius 3 is 2.07 bits per heavy atom. The molecule has 224 valence electrons. The first-order valence-electron chi connectivity index (χ1n) is 15.1. The smallest absolute Gasteiger partial charge is 0.410 e. The number of carbonyl (C=O) groups is 1. The Morgan fingerprint density at radius 2 is 1.45 bits per heavy atom. The molecule has 0 radical (unpaired) electrons. The van der Waals surface area contributed by atoms with E-state index in [0.717, 1.165) is 50.9 Å². The highest BCUT2D eigenvalue weighted by Crippen LogP contribution is 2.43. The van der Waals surface area contributed by atoms with Gasteiger partial charge in [-0.25, -0.2) is 13.2 Å². The van der Waals surface area contributed by atoms with Gasteiger partial charge in [0.2, 0.25) is 10.0 Å². The quantitative estimate of drug-likeness (QED) is 0.291. The summed E-state index contributed by atoms with van der Waals surface area (Å²) in [6, 6.07) is 29.2. The SMILES string of the molecule is CCN(C(=O)OCc1ccccc1)C1CCN(C[C@H]2CC(N(C)S(=O)(=O)c3ccccc3)C[C@@H]2c2ccccc2)CC1. The van der Waals surface area contributed by atoms with Crippen LogP contribution in [0.4, 0.5) is 4.79 Å². The van der Waals surface area contributed by atoms with E-state index >= 15 is 0 Å². The maximum Gasteiger partial charge on any atom is 0.410 e. The van der Waals surface area contributed by atoms with Crippen molar-refractivity contribution in [1.29, 1.82) is 0 Å². The van der Waals surface area contributed by atoms with Crippen molar-refractivity contribution in [2.24, 2.45) is 5.92 Å². The Bertz CT molecular complexity index is 1380. The van der Waals surface area contributed by atoms with Crippen LogP contribution in [0.3, 0.4) is 0 Å². The second-order valence-corrected chi connectivity index (χ2v) is 13.6. The third-order valence-corrected chi connectivity index (χ3v) is 11.0. The van der Waals surface area contributed by atoms with Gasteiger partial charge in [0.15, 0.2) is 0 Å². The number of hydrogen-bond donors (Lipinski definition) is 0. The van der Waals surface area contributed by atoms with E-state index in [4.69, 9.17) is 4.74 Å². The number of likely N-dealkylation sites (tertiary alicyclic amines) is 1. The molecule has 1 saturated heterocycles. The Labute approximate surface area is 251 Å². The predicted molar refractivity (Wildman–Crippen MR) is 166 cm³/mol. The highest BCUT2D eigenvalue weighted by molar-refractivity contribution is 7.89. The van der Waals surface area contributed by atoms with Gasteiger partial charge in [-0.1, -0.05) is 78.9 Å². The van der Waals surface area contributed by atoms with Crippen LogP contribution >= 0.6 is 0 Å². The van der Waals surface area contributed by atoms with Crippen LogP contribution in [0.2, 0.25) is 0 Å². The Balaban J connectivity index is 1.21. The van der Waals surface area contributed by atoms with E-state index in [2.05, 4.69) is 29.2 Å². The second-order valence-electron chi connectivity index (χ2n) is 11.6. The van der Waals surface area contributed by atoms with Crippen molar-refractivity contribution in [2.75, 3.05) is 33.2 Å². The molecule has 1 aliphatic carbocycles. The molecule has 42 heavy (non-hydrogen) atoms. The molecular weight excluding hydrogens is 546 g/mol. The number of amides is 1. The zero-order valence-electron chi connectivity index (χ0n) is 24.7. The average Bonchev–Trinajstić information content (AvgIpc) is 3.45. The zero-order chi connectivity index (χ0) is 29.5. The highest BCUT2D eigenvalue weighted by atomic mass is 32.2. The van der Waals surface area contributed by atoms with E-state index < -0.39 is 10.0 Å². The monoisotopic (exact) mass is 589 g/mol. The van der Waals surface area contributed by atoms with Crippen LogP contribution in [0.25, 0.3) is 0 Å². The third kappa shape index (κ3) is 7.05. The lowest BCUT2D eigenvalue weighted by atomic mass is 9.88. The molecule has 2 fully saturated rings. The first kappa shape index (κ1) is 30.3. The van der Waals surface area contributed by atoms with Crippen LogP contribution in [0.1, 0.15) is 49.7 Å². The molecule has 7 nitrogen and oxygen atoms in total. The van der Waals surface area contributed by atoms with E-state index in [1.807, 2.05) is 54.3 Å². The first-order chi connectivity index (χ1) is 20.4. The molecule has 1 amide bonds. The van der Waals surface area contributed by atoms with Gasteiger partial charge in [0.1, 0.15) is 6.61 Å². The lowest BCUT2D eigenvalue weighted by molar-refractivity contribution is 0.0601. The molecule has 1 aliphatic heterocycles. The summed E-state index contributed by atoms with van der Waals surface area (Å²) >= 11 is 0. The number of sulfonamides is 1. The molecule has 3 aromatic rings. The van der Waals surface area contributed by atoms with E-state index in [0.29, 0.717) is 23.3 Å². The van der Waals surface area contributed by atoms with E-state index in [-0.39, 0.29) is 24.8 Å². The van der Waals surface area contributed by atoms with Gasteiger partial charge in [-0.05, 0) is 67.7 Å². The van der Waals surface area contributed by atoms with Crippen molar-refractivity contribution in [3.63, 3.8) is 0 Å². The molecule has 2 aliphatic rings. The lowest BCUT2D eigenvalue weighted by Gasteiger charge is -2.39. The molecule has 0 N–H and O–H groups in total. The van der Waals surface area contributed by atoms with Gasteiger partial charge >= 0.3 is 6.09 Å². The van der Waals surface area contributed by atoms with Crippen LogP contribution in [0, 0.1) is 5.92 Å². The summed E-state index contributed by atoms with van der Waals surface area (Å²) in [6.07, 6.45) is 3.20. The minimum atomic E-state index is -3.56. The molecule has 5 rings (SSSR count). The number of carbonyl (C=O) groups excluding carboxylic acids is 1. The highest BCUT2D eigenvalue weighted by Gasteiger charge is 2.41. The number of piperidine rings is 1. The summed E-state index contributed by atoms with van der Waals surface area (Å²) in [6.45, 7) is 5.67. The number of rotatable bonds is 10. The summed E-state index contributed by atoms with van der Waals surface area (Å²) in [7, 11) is -1.83. The minimum Gasteiger partial charge on any atom is -0.445 e. The molecule has 8 heteroatoms. The van der Waals surface area contributed by atoms with E-state index in [1.54, 1.807) is 35.6 Å². The van der Waals surface area contributed by atoms with Crippen LogP contribution in [0.15, 0.2) is 95.9 Å². The van der Waals surface area contributed by atoms with E-state index in [9.17, 15) is 13.2 Å². The van der Waals surface area contributed by atoms with Gasteiger partial charge in [-0.15, -0.1) is 0 Å². The number of nitrogens with zero attached hydrogens (tertiary/aromatic N) is 3. The molecule has 3 aromatic carbocycles. The van der Waals surface area contributed by atoms with Crippen molar-refractivity contribution < 1.29 is 17.9 Å². The van der Waals surface area contributed by atoms with Crippen molar-refractivity contribution >= 4 is 16.1 Å². The third-order valence-electron chi connectivity index (χ3n) is 9.10. The van der Waals surface area contributed by atoms with Gasteiger partial charge in [-0.3, -0.25) is 0 Å². The van der Waals surface area contributed by atoms with Crippen LogP contribution in [0.5, 0.6) is 0 Å². The van der Waals surface area contributed by atoms with Gasteiger partial charge in [0.25, 0.3) is 0 Å². The molecule has 3 atom stereocenters. The molecule has 0 spiro atoms. The fraction of sp³-hybridized carbons (Fsp3) is 0.441. The van der Waals surface area contributed by atoms with Crippen molar-refractivity contribution in [2.45, 2.75) is 62.1 Å². The molecule has 1 heterocycles. The van der Waals surface area contributed by atoms with Crippen LogP contribution in [-0.4, -0.2) is 73.9 Å². The normalized spacial score (nSPS) is 21.8. The second kappa shape index (κ2) is 13.8. The molecule has 1 saturated carbocycles. The van der Waals surface area contributed by atoms with Gasteiger partial charge in [-0.2, -0.15) is 4.31 Å². The number of hydrogen-bond acceptors (Lipinski definition) is 5. The summed E-state index contributed by atoms with van der Waals surface area (Å²) in [5, 5.41) is 0. The largest absolute Gasteiger partial charge is 0.445 e.